The van der Waals surface area contributed by atoms with E-state index in [0.29, 0.717) is 10.0 Å². The van der Waals surface area contributed by atoms with E-state index >= 15 is 0 Å². The minimum atomic E-state index is 0.0935. The molecular formula is C11H9BrCl2N2S. The van der Waals surface area contributed by atoms with Crippen molar-refractivity contribution in [2.75, 3.05) is 5.32 Å². The van der Waals surface area contributed by atoms with Crippen LogP contribution in [0.3, 0.4) is 0 Å². The van der Waals surface area contributed by atoms with E-state index in [4.69, 9.17) is 23.2 Å². The van der Waals surface area contributed by atoms with Gasteiger partial charge in [0.1, 0.15) is 0 Å². The molecule has 0 aliphatic heterocycles. The van der Waals surface area contributed by atoms with E-state index in [1.807, 2.05) is 29.9 Å². The highest BCUT2D eigenvalue weighted by Gasteiger charge is 2.12. The Kier molecular flexibility index (Phi) is 4.31. The average molecular weight is 352 g/mol. The lowest BCUT2D eigenvalue weighted by atomic mass is 10.2. The predicted molar refractivity (Wildman–Crippen MR) is 78.3 cm³/mol. The van der Waals surface area contributed by atoms with Crippen LogP contribution in [0.25, 0.3) is 0 Å². The molecule has 1 heterocycles. The summed E-state index contributed by atoms with van der Waals surface area (Å²) in [5, 5.41) is 6.33. The summed E-state index contributed by atoms with van der Waals surface area (Å²) in [4.78, 5) is 4.25. The molecule has 0 amide bonds. The first-order valence-corrected chi connectivity index (χ1v) is 7.37. The van der Waals surface area contributed by atoms with Gasteiger partial charge < -0.3 is 5.32 Å². The first-order chi connectivity index (χ1) is 8.09. The Morgan fingerprint density at radius 1 is 1.35 bits per heavy atom. The highest BCUT2D eigenvalue weighted by Crippen LogP contribution is 2.37. The average Bonchev–Trinajstić information content (AvgIpc) is 2.83. The summed E-state index contributed by atoms with van der Waals surface area (Å²) >= 11 is 17.1. The van der Waals surface area contributed by atoms with Crippen LogP contribution in [0.1, 0.15) is 18.7 Å². The van der Waals surface area contributed by atoms with Crippen LogP contribution in [-0.4, -0.2) is 4.98 Å². The van der Waals surface area contributed by atoms with Crippen molar-refractivity contribution in [3.63, 3.8) is 0 Å². The fourth-order valence-electron chi connectivity index (χ4n) is 1.38. The Morgan fingerprint density at radius 2 is 2.12 bits per heavy atom. The lowest BCUT2D eigenvalue weighted by Gasteiger charge is -2.15. The number of benzene rings is 1. The fraction of sp³-hybridized carbons (Fsp3) is 0.182. The van der Waals surface area contributed by atoms with Crippen molar-refractivity contribution in [1.82, 2.24) is 4.98 Å². The summed E-state index contributed by atoms with van der Waals surface area (Å²) < 4.78 is 0.788. The maximum atomic E-state index is 6.16. The van der Waals surface area contributed by atoms with E-state index in [1.54, 1.807) is 11.3 Å². The number of halogens is 3. The van der Waals surface area contributed by atoms with Crippen LogP contribution in [0.5, 0.6) is 0 Å². The highest BCUT2D eigenvalue weighted by molar-refractivity contribution is 9.10. The van der Waals surface area contributed by atoms with E-state index in [-0.39, 0.29) is 6.04 Å². The molecule has 2 aromatic rings. The molecule has 0 bridgehead atoms. The molecule has 1 atom stereocenters. The highest BCUT2D eigenvalue weighted by atomic mass is 79.9. The summed E-state index contributed by atoms with van der Waals surface area (Å²) in [6.07, 6.45) is 0. The van der Waals surface area contributed by atoms with Crippen LogP contribution in [0.2, 0.25) is 10.0 Å². The van der Waals surface area contributed by atoms with Crippen molar-refractivity contribution in [2.24, 2.45) is 0 Å². The van der Waals surface area contributed by atoms with Crippen LogP contribution in [0, 0.1) is 0 Å². The van der Waals surface area contributed by atoms with Gasteiger partial charge in [-0.25, -0.2) is 4.98 Å². The number of nitrogens with one attached hydrogen (secondary N) is 1. The Labute approximate surface area is 122 Å². The minimum Gasteiger partial charge on any atom is -0.376 e. The van der Waals surface area contributed by atoms with Crippen molar-refractivity contribution in [1.29, 1.82) is 0 Å². The quantitative estimate of drug-likeness (QED) is 0.750. The SMILES string of the molecule is CC(Nc1ccc(Br)c(Cl)c1Cl)c1cscn1. The van der Waals surface area contributed by atoms with Crippen LogP contribution in [0.15, 0.2) is 27.5 Å². The van der Waals surface area contributed by atoms with E-state index < -0.39 is 0 Å². The molecule has 0 saturated heterocycles. The van der Waals surface area contributed by atoms with Gasteiger partial charge in [-0.2, -0.15) is 0 Å². The van der Waals surface area contributed by atoms with Crippen molar-refractivity contribution in [3.8, 4) is 0 Å². The number of rotatable bonds is 3. The molecule has 1 aromatic carbocycles. The van der Waals surface area contributed by atoms with Crippen LogP contribution >= 0.6 is 50.5 Å². The molecule has 0 aliphatic rings. The minimum absolute atomic E-state index is 0.0935. The molecule has 2 nitrogen and oxygen atoms in total. The van der Waals surface area contributed by atoms with Gasteiger partial charge >= 0.3 is 0 Å². The van der Waals surface area contributed by atoms with Gasteiger partial charge in [-0.3, -0.25) is 0 Å². The summed E-state index contributed by atoms with van der Waals surface area (Å²) in [7, 11) is 0. The summed E-state index contributed by atoms with van der Waals surface area (Å²) in [6, 6.07) is 3.85. The zero-order valence-corrected chi connectivity index (χ0v) is 12.8. The Bertz CT molecular complexity index is 516. The number of nitrogens with zero attached hydrogens (tertiary/aromatic N) is 1. The Balaban J connectivity index is 2.22. The molecule has 90 valence electrons. The number of aromatic nitrogens is 1. The Morgan fingerprint density at radius 3 is 2.76 bits per heavy atom. The van der Waals surface area contributed by atoms with Gasteiger partial charge in [0.15, 0.2) is 0 Å². The topological polar surface area (TPSA) is 24.9 Å². The normalized spacial score (nSPS) is 12.5. The van der Waals surface area contributed by atoms with E-state index in [2.05, 4.69) is 26.2 Å². The molecular weight excluding hydrogens is 343 g/mol. The molecule has 1 aromatic heterocycles. The summed E-state index contributed by atoms with van der Waals surface area (Å²) in [5.74, 6) is 0. The third-order valence-electron chi connectivity index (χ3n) is 2.30. The van der Waals surface area contributed by atoms with Crippen molar-refractivity contribution in [2.45, 2.75) is 13.0 Å². The molecule has 1 N–H and O–H groups in total. The molecule has 1 unspecified atom stereocenters. The first kappa shape index (κ1) is 13.1. The Hall–Kier alpha value is -0.290. The standard InChI is InChI=1S/C11H9BrCl2N2S/c1-6(9-4-17-5-15-9)16-8-3-2-7(12)10(13)11(8)14/h2-6,16H,1H3. The number of hydrogen-bond acceptors (Lipinski definition) is 3. The van der Waals surface area contributed by atoms with Crippen LogP contribution < -0.4 is 5.32 Å². The van der Waals surface area contributed by atoms with Gasteiger partial charge in [0, 0.05) is 9.85 Å². The molecule has 0 spiro atoms. The van der Waals surface area contributed by atoms with Crippen molar-refractivity contribution < 1.29 is 0 Å². The summed E-state index contributed by atoms with van der Waals surface area (Å²) in [6.45, 7) is 2.03. The van der Waals surface area contributed by atoms with E-state index in [1.165, 1.54) is 0 Å². The molecule has 6 heteroatoms. The van der Waals surface area contributed by atoms with Gasteiger partial charge in [0.05, 0.1) is 33.0 Å². The second kappa shape index (κ2) is 5.57. The molecule has 0 fully saturated rings. The van der Waals surface area contributed by atoms with Gasteiger partial charge in [-0.15, -0.1) is 11.3 Å². The smallest absolute Gasteiger partial charge is 0.0835 e. The molecule has 0 radical (unpaired) electrons. The van der Waals surface area contributed by atoms with Gasteiger partial charge in [0.2, 0.25) is 0 Å². The number of thiazole rings is 1. The lowest BCUT2D eigenvalue weighted by molar-refractivity contribution is 0.850. The van der Waals surface area contributed by atoms with Crippen LogP contribution in [0.4, 0.5) is 5.69 Å². The second-order valence-corrected chi connectivity index (χ2v) is 5.83. The third-order valence-corrected chi connectivity index (χ3v) is 4.68. The zero-order chi connectivity index (χ0) is 12.4. The maximum absolute atomic E-state index is 6.16. The van der Waals surface area contributed by atoms with Crippen LogP contribution in [-0.2, 0) is 0 Å². The first-order valence-electron chi connectivity index (χ1n) is 4.87. The molecule has 17 heavy (non-hydrogen) atoms. The number of hydrogen-bond donors (Lipinski definition) is 1. The fourth-order valence-corrected chi connectivity index (χ4v) is 2.86. The monoisotopic (exact) mass is 350 g/mol. The largest absolute Gasteiger partial charge is 0.376 e. The molecule has 0 aliphatic carbocycles. The summed E-state index contributed by atoms with van der Waals surface area (Å²) in [5.41, 5.74) is 3.61. The van der Waals surface area contributed by atoms with Gasteiger partial charge in [-0.1, -0.05) is 23.2 Å². The van der Waals surface area contributed by atoms with Gasteiger partial charge in [-0.05, 0) is 35.0 Å². The van der Waals surface area contributed by atoms with Gasteiger partial charge in [0.25, 0.3) is 0 Å². The van der Waals surface area contributed by atoms with Crippen molar-refractivity contribution >= 4 is 56.2 Å². The lowest BCUT2D eigenvalue weighted by Crippen LogP contribution is -2.07. The third kappa shape index (κ3) is 2.94. The van der Waals surface area contributed by atoms with Crippen molar-refractivity contribution in [3.05, 3.63) is 43.2 Å². The zero-order valence-electron chi connectivity index (χ0n) is 8.88. The predicted octanol–water partition coefficient (Wildman–Crippen LogP) is 5.39. The molecule has 0 saturated carbocycles. The second-order valence-electron chi connectivity index (χ2n) is 3.50. The molecule has 2 rings (SSSR count). The van der Waals surface area contributed by atoms with E-state index in [9.17, 15) is 0 Å². The maximum Gasteiger partial charge on any atom is 0.0835 e. The van der Waals surface area contributed by atoms with E-state index in [0.717, 1.165) is 15.9 Å². The number of anilines is 1.